The number of thiophene rings is 1. The van der Waals surface area contributed by atoms with E-state index in [4.69, 9.17) is 0 Å². The highest BCUT2D eigenvalue weighted by molar-refractivity contribution is 7.26. The van der Waals surface area contributed by atoms with E-state index in [-0.39, 0.29) is 0 Å². The van der Waals surface area contributed by atoms with Crippen molar-refractivity contribution in [3.8, 4) is 0 Å². The fourth-order valence-electron chi connectivity index (χ4n) is 4.33. The number of benzene rings is 5. The fourth-order valence-corrected chi connectivity index (χ4v) is 5.60. The first-order chi connectivity index (χ1) is 12.8. The van der Waals surface area contributed by atoms with Gasteiger partial charge in [0, 0.05) is 25.6 Å². The predicted molar refractivity (Wildman–Crippen MR) is 117 cm³/mol. The summed E-state index contributed by atoms with van der Waals surface area (Å²) in [7, 11) is 0. The Morgan fingerprint density at radius 2 is 1.15 bits per heavy atom. The van der Waals surface area contributed by atoms with Gasteiger partial charge in [-0.15, -0.1) is 11.3 Å². The molecule has 0 radical (unpaired) electrons. The van der Waals surface area contributed by atoms with Crippen molar-refractivity contribution in [2.45, 2.75) is 6.92 Å². The second-order valence-electron chi connectivity index (χ2n) is 7.06. The van der Waals surface area contributed by atoms with Gasteiger partial charge in [-0.2, -0.15) is 0 Å². The molecule has 6 rings (SSSR count). The number of aryl methyl sites for hydroxylation is 1. The van der Waals surface area contributed by atoms with E-state index in [2.05, 4.69) is 85.8 Å². The van der Waals surface area contributed by atoms with Crippen molar-refractivity contribution < 1.29 is 0 Å². The lowest BCUT2D eigenvalue weighted by Crippen LogP contribution is -1.84. The van der Waals surface area contributed by atoms with Crippen LogP contribution in [-0.2, 0) is 0 Å². The van der Waals surface area contributed by atoms with Crippen molar-refractivity contribution in [1.29, 1.82) is 0 Å². The van der Waals surface area contributed by atoms with E-state index in [9.17, 15) is 0 Å². The zero-order chi connectivity index (χ0) is 17.3. The Morgan fingerprint density at radius 1 is 0.538 bits per heavy atom. The van der Waals surface area contributed by atoms with Crippen molar-refractivity contribution in [3.63, 3.8) is 0 Å². The summed E-state index contributed by atoms with van der Waals surface area (Å²) < 4.78 is 2.77. The minimum Gasteiger partial charge on any atom is -0.135 e. The van der Waals surface area contributed by atoms with Gasteiger partial charge in [0.1, 0.15) is 0 Å². The average Bonchev–Trinajstić information content (AvgIpc) is 3.06. The lowest BCUT2D eigenvalue weighted by Gasteiger charge is -2.12. The van der Waals surface area contributed by atoms with Gasteiger partial charge in [-0.3, -0.25) is 0 Å². The van der Waals surface area contributed by atoms with Crippen molar-refractivity contribution in [2.24, 2.45) is 0 Å². The summed E-state index contributed by atoms with van der Waals surface area (Å²) in [4.78, 5) is 0. The van der Waals surface area contributed by atoms with Crippen LogP contribution in [0.25, 0.3) is 52.5 Å². The van der Waals surface area contributed by atoms with Gasteiger partial charge < -0.3 is 0 Å². The first-order valence-corrected chi connectivity index (χ1v) is 9.78. The van der Waals surface area contributed by atoms with Crippen LogP contribution in [0.5, 0.6) is 0 Å². The molecular weight excluding hydrogens is 332 g/mol. The van der Waals surface area contributed by atoms with Crippen LogP contribution in [0.1, 0.15) is 5.56 Å². The van der Waals surface area contributed by atoms with Crippen LogP contribution < -0.4 is 0 Å². The zero-order valence-corrected chi connectivity index (χ0v) is 15.2. The van der Waals surface area contributed by atoms with E-state index in [1.54, 1.807) is 0 Å². The Labute approximate surface area is 155 Å². The summed E-state index contributed by atoms with van der Waals surface area (Å²) in [5, 5.41) is 10.9. The Hall–Kier alpha value is -2.90. The first kappa shape index (κ1) is 14.3. The van der Waals surface area contributed by atoms with Crippen LogP contribution in [-0.4, -0.2) is 0 Å². The monoisotopic (exact) mass is 348 g/mol. The third-order valence-electron chi connectivity index (χ3n) is 5.50. The number of fused-ring (bicyclic) bond motifs is 10. The Morgan fingerprint density at radius 3 is 2.04 bits per heavy atom. The zero-order valence-electron chi connectivity index (χ0n) is 14.4. The molecule has 0 aliphatic heterocycles. The van der Waals surface area contributed by atoms with Gasteiger partial charge in [0.05, 0.1) is 0 Å². The number of hydrogen-bond donors (Lipinski definition) is 0. The predicted octanol–water partition coefficient (Wildman–Crippen LogP) is 7.82. The third kappa shape index (κ3) is 1.79. The summed E-state index contributed by atoms with van der Waals surface area (Å²) in [6.07, 6.45) is 0. The van der Waals surface area contributed by atoms with E-state index in [1.165, 1.54) is 58.1 Å². The molecule has 122 valence electrons. The van der Waals surface area contributed by atoms with Crippen LogP contribution in [0.15, 0.2) is 78.9 Å². The molecule has 26 heavy (non-hydrogen) atoms. The molecule has 0 bridgehead atoms. The molecule has 0 amide bonds. The molecule has 6 aromatic rings. The van der Waals surface area contributed by atoms with Crippen LogP contribution >= 0.6 is 11.3 Å². The second kappa shape index (κ2) is 5.06. The standard InChI is InChI=1S/C25H16S/c1-15-10-11-17-16-6-2-3-8-19(16)24-20(22(17)14-15)12-13-21-18-7-4-5-9-23(18)26-25(21)24/h2-14H,1H3. The summed E-state index contributed by atoms with van der Waals surface area (Å²) in [5.74, 6) is 0. The fraction of sp³-hybridized carbons (Fsp3) is 0.0400. The van der Waals surface area contributed by atoms with Crippen molar-refractivity contribution in [3.05, 3.63) is 84.4 Å². The van der Waals surface area contributed by atoms with Gasteiger partial charge in [-0.25, -0.2) is 0 Å². The highest BCUT2D eigenvalue weighted by Crippen LogP contribution is 2.44. The molecule has 0 fully saturated rings. The minimum absolute atomic E-state index is 1.31. The summed E-state index contributed by atoms with van der Waals surface area (Å²) in [6, 6.07) is 29.1. The first-order valence-electron chi connectivity index (χ1n) is 8.96. The molecule has 0 nitrogen and oxygen atoms in total. The van der Waals surface area contributed by atoms with Crippen molar-refractivity contribution in [1.82, 2.24) is 0 Å². The smallest absolute Gasteiger partial charge is 0.0440 e. The molecule has 0 N–H and O–H groups in total. The van der Waals surface area contributed by atoms with Gasteiger partial charge in [0.2, 0.25) is 0 Å². The quantitative estimate of drug-likeness (QED) is 0.245. The van der Waals surface area contributed by atoms with E-state index >= 15 is 0 Å². The molecule has 0 saturated heterocycles. The largest absolute Gasteiger partial charge is 0.135 e. The maximum Gasteiger partial charge on any atom is 0.0440 e. The topological polar surface area (TPSA) is 0 Å². The number of rotatable bonds is 0. The van der Waals surface area contributed by atoms with Gasteiger partial charge in [-0.1, -0.05) is 78.4 Å². The molecular formula is C25H16S. The van der Waals surface area contributed by atoms with E-state index < -0.39 is 0 Å². The molecule has 5 aromatic carbocycles. The highest BCUT2D eigenvalue weighted by Gasteiger charge is 2.14. The van der Waals surface area contributed by atoms with E-state index in [0.717, 1.165) is 0 Å². The van der Waals surface area contributed by atoms with Gasteiger partial charge >= 0.3 is 0 Å². The maximum absolute atomic E-state index is 2.34. The summed E-state index contributed by atoms with van der Waals surface area (Å²) >= 11 is 1.92. The van der Waals surface area contributed by atoms with Crippen molar-refractivity contribution >= 4 is 63.8 Å². The van der Waals surface area contributed by atoms with Crippen molar-refractivity contribution in [2.75, 3.05) is 0 Å². The van der Waals surface area contributed by atoms with Gasteiger partial charge in [0.15, 0.2) is 0 Å². The van der Waals surface area contributed by atoms with Crippen LogP contribution in [0.4, 0.5) is 0 Å². The molecule has 0 aliphatic carbocycles. The molecule has 0 saturated carbocycles. The molecule has 0 atom stereocenters. The maximum atomic E-state index is 2.34. The summed E-state index contributed by atoms with van der Waals surface area (Å²) in [5.41, 5.74) is 1.31. The van der Waals surface area contributed by atoms with Crippen LogP contribution in [0, 0.1) is 6.92 Å². The third-order valence-corrected chi connectivity index (χ3v) is 6.70. The Bertz CT molecular complexity index is 1480. The Balaban J connectivity index is 2.00. The molecule has 1 heteroatoms. The second-order valence-corrected chi connectivity index (χ2v) is 8.11. The van der Waals surface area contributed by atoms with E-state index in [0.29, 0.717) is 0 Å². The molecule has 0 aliphatic rings. The molecule has 1 aromatic heterocycles. The minimum atomic E-state index is 1.31. The summed E-state index contributed by atoms with van der Waals surface area (Å²) in [6.45, 7) is 2.18. The molecule has 0 unspecified atom stereocenters. The normalized spacial score (nSPS) is 12.0. The highest BCUT2D eigenvalue weighted by atomic mass is 32.1. The SMILES string of the molecule is Cc1ccc2c3ccccc3c3c(ccc4c5ccccc5sc43)c2c1. The van der Waals surface area contributed by atoms with Crippen LogP contribution in [0.3, 0.4) is 0 Å². The molecule has 0 spiro atoms. The Kier molecular flexibility index (Phi) is 2.78. The van der Waals surface area contributed by atoms with E-state index in [1.807, 2.05) is 11.3 Å². The lowest BCUT2D eigenvalue weighted by atomic mass is 9.92. The number of hydrogen-bond acceptors (Lipinski definition) is 1. The van der Waals surface area contributed by atoms with Crippen LogP contribution in [0.2, 0.25) is 0 Å². The molecule has 1 heterocycles. The average molecular weight is 348 g/mol. The lowest BCUT2D eigenvalue weighted by molar-refractivity contribution is 1.51. The van der Waals surface area contributed by atoms with Gasteiger partial charge in [0.25, 0.3) is 0 Å². The van der Waals surface area contributed by atoms with Gasteiger partial charge in [-0.05, 0) is 39.9 Å².